The number of ether oxygens (including phenoxy) is 1. The van der Waals surface area contributed by atoms with Crippen molar-refractivity contribution < 1.29 is 9.13 Å². The molecule has 0 aliphatic carbocycles. The first-order valence-electron chi connectivity index (χ1n) is 7.44. The molecule has 0 spiro atoms. The Morgan fingerprint density at radius 2 is 2.09 bits per heavy atom. The minimum absolute atomic E-state index is 0.159. The summed E-state index contributed by atoms with van der Waals surface area (Å²) < 4.78 is 20.6. The molecule has 0 aliphatic rings. The molecule has 0 saturated heterocycles. The first-order valence-corrected chi connectivity index (χ1v) is 7.44. The number of hydrogen-bond donors (Lipinski definition) is 1. The highest BCUT2D eigenvalue weighted by Crippen LogP contribution is 2.18. The molecule has 1 aromatic heterocycles. The standard InChI is InChI=1S/C16H23FN4O/c1-16(2,3)21-15(8-5-9-18)19-14(20-21)11-22-13-7-4-6-12(17)10-13/h4,6-7,10H,5,8-9,11,18H2,1-3H3. The van der Waals surface area contributed by atoms with E-state index in [9.17, 15) is 4.39 Å². The number of nitrogens with zero attached hydrogens (tertiary/aromatic N) is 3. The van der Waals surface area contributed by atoms with Crippen LogP contribution in [0.4, 0.5) is 4.39 Å². The van der Waals surface area contributed by atoms with E-state index in [1.165, 1.54) is 12.1 Å². The molecule has 2 N–H and O–H groups in total. The first-order chi connectivity index (χ1) is 10.4. The van der Waals surface area contributed by atoms with Gasteiger partial charge in [-0.1, -0.05) is 6.07 Å². The minimum Gasteiger partial charge on any atom is -0.485 e. The van der Waals surface area contributed by atoms with Gasteiger partial charge in [-0.05, 0) is 45.9 Å². The Balaban J connectivity index is 2.12. The van der Waals surface area contributed by atoms with Crippen molar-refractivity contribution in [3.8, 4) is 5.75 Å². The van der Waals surface area contributed by atoms with Crippen LogP contribution in [0.15, 0.2) is 24.3 Å². The number of aryl methyl sites for hydroxylation is 1. The van der Waals surface area contributed by atoms with Gasteiger partial charge in [-0.25, -0.2) is 14.1 Å². The summed E-state index contributed by atoms with van der Waals surface area (Å²) in [4.78, 5) is 4.53. The van der Waals surface area contributed by atoms with E-state index in [1.807, 2.05) is 4.68 Å². The molecule has 0 saturated carbocycles. The van der Waals surface area contributed by atoms with Gasteiger partial charge in [0.1, 0.15) is 24.0 Å². The van der Waals surface area contributed by atoms with Crippen LogP contribution in [0, 0.1) is 5.82 Å². The molecule has 1 heterocycles. The maximum absolute atomic E-state index is 13.1. The molecule has 120 valence electrons. The van der Waals surface area contributed by atoms with Crippen LogP contribution in [-0.2, 0) is 18.6 Å². The lowest BCUT2D eigenvalue weighted by Gasteiger charge is -2.21. The van der Waals surface area contributed by atoms with E-state index in [0.717, 1.165) is 18.7 Å². The summed E-state index contributed by atoms with van der Waals surface area (Å²) in [6, 6.07) is 6.04. The highest BCUT2D eigenvalue weighted by Gasteiger charge is 2.20. The fraction of sp³-hybridized carbons (Fsp3) is 0.500. The van der Waals surface area contributed by atoms with E-state index in [0.29, 0.717) is 18.1 Å². The molecule has 22 heavy (non-hydrogen) atoms. The number of rotatable bonds is 6. The van der Waals surface area contributed by atoms with Gasteiger partial charge in [-0.2, -0.15) is 5.10 Å². The van der Waals surface area contributed by atoms with Gasteiger partial charge in [0, 0.05) is 12.5 Å². The zero-order valence-corrected chi connectivity index (χ0v) is 13.3. The van der Waals surface area contributed by atoms with Crippen LogP contribution in [0.1, 0.15) is 38.8 Å². The van der Waals surface area contributed by atoms with E-state index >= 15 is 0 Å². The second-order valence-corrected chi connectivity index (χ2v) is 6.17. The Kier molecular flexibility index (Phi) is 5.13. The smallest absolute Gasteiger partial charge is 0.188 e. The van der Waals surface area contributed by atoms with Crippen molar-refractivity contribution in [2.24, 2.45) is 5.73 Å². The maximum atomic E-state index is 13.1. The summed E-state index contributed by atoms with van der Waals surface area (Å²) in [5.41, 5.74) is 5.41. The summed E-state index contributed by atoms with van der Waals surface area (Å²) in [5.74, 6) is 1.63. The van der Waals surface area contributed by atoms with Crippen molar-refractivity contribution in [3.63, 3.8) is 0 Å². The average Bonchev–Trinajstić information content (AvgIpc) is 2.86. The third-order valence-electron chi connectivity index (χ3n) is 3.12. The van der Waals surface area contributed by atoms with Crippen LogP contribution >= 0.6 is 0 Å². The van der Waals surface area contributed by atoms with Gasteiger partial charge in [0.25, 0.3) is 0 Å². The molecular weight excluding hydrogens is 283 g/mol. The summed E-state index contributed by atoms with van der Waals surface area (Å²) in [5, 5.41) is 4.52. The summed E-state index contributed by atoms with van der Waals surface area (Å²) in [6.45, 7) is 7.05. The lowest BCUT2D eigenvalue weighted by molar-refractivity contribution is 0.287. The van der Waals surface area contributed by atoms with Crippen molar-refractivity contribution in [3.05, 3.63) is 41.7 Å². The van der Waals surface area contributed by atoms with Crippen molar-refractivity contribution >= 4 is 0 Å². The van der Waals surface area contributed by atoms with Crippen molar-refractivity contribution in [2.75, 3.05) is 6.54 Å². The number of nitrogens with two attached hydrogens (primary N) is 1. The van der Waals surface area contributed by atoms with Crippen LogP contribution in [0.25, 0.3) is 0 Å². The van der Waals surface area contributed by atoms with Crippen molar-refractivity contribution in [1.29, 1.82) is 0 Å². The van der Waals surface area contributed by atoms with Gasteiger partial charge < -0.3 is 10.5 Å². The van der Waals surface area contributed by atoms with Crippen LogP contribution in [0.5, 0.6) is 5.75 Å². The second-order valence-electron chi connectivity index (χ2n) is 6.17. The Hall–Kier alpha value is -1.95. The van der Waals surface area contributed by atoms with Gasteiger partial charge in [-0.3, -0.25) is 0 Å². The molecule has 0 atom stereocenters. The summed E-state index contributed by atoms with van der Waals surface area (Å²) >= 11 is 0. The molecule has 6 heteroatoms. The highest BCUT2D eigenvalue weighted by atomic mass is 19.1. The molecule has 0 amide bonds. The molecule has 0 unspecified atom stereocenters. The molecule has 2 rings (SSSR count). The lowest BCUT2D eigenvalue weighted by Crippen LogP contribution is -2.26. The van der Waals surface area contributed by atoms with Gasteiger partial charge >= 0.3 is 0 Å². The van der Waals surface area contributed by atoms with Crippen LogP contribution in [0.2, 0.25) is 0 Å². The largest absolute Gasteiger partial charge is 0.485 e. The molecule has 2 aromatic rings. The van der Waals surface area contributed by atoms with Crippen LogP contribution in [-0.4, -0.2) is 21.3 Å². The van der Waals surface area contributed by atoms with Crippen molar-refractivity contribution in [2.45, 2.75) is 45.8 Å². The number of aromatic nitrogens is 3. The van der Waals surface area contributed by atoms with E-state index < -0.39 is 0 Å². The maximum Gasteiger partial charge on any atom is 0.188 e. The van der Waals surface area contributed by atoms with E-state index in [-0.39, 0.29) is 18.0 Å². The zero-order valence-electron chi connectivity index (χ0n) is 13.3. The monoisotopic (exact) mass is 306 g/mol. The lowest BCUT2D eigenvalue weighted by atomic mass is 10.1. The SMILES string of the molecule is CC(C)(C)n1nc(COc2cccc(F)c2)nc1CCCN. The van der Waals surface area contributed by atoms with Crippen LogP contribution < -0.4 is 10.5 Å². The molecular formula is C16H23FN4O. The normalized spacial score (nSPS) is 11.7. The van der Waals surface area contributed by atoms with Gasteiger partial charge in [0.05, 0.1) is 5.54 Å². The molecule has 0 aliphatic heterocycles. The Morgan fingerprint density at radius 1 is 1.32 bits per heavy atom. The predicted octanol–water partition coefficient (Wildman–Crippen LogP) is 2.64. The Morgan fingerprint density at radius 3 is 2.73 bits per heavy atom. The minimum atomic E-state index is -0.325. The number of halogens is 1. The second kappa shape index (κ2) is 6.87. The van der Waals surface area contributed by atoms with E-state index in [4.69, 9.17) is 10.5 Å². The number of hydrogen-bond acceptors (Lipinski definition) is 4. The van der Waals surface area contributed by atoms with Gasteiger partial charge in [-0.15, -0.1) is 0 Å². The molecule has 0 radical (unpaired) electrons. The third-order valence-corrected chi connectivity index (χ3v) is 3.12. The third kappa shape index (κ3) is 4.27. The predicted molar refractivity (Wildman–Crippen MR) is 83.1 cm³/mol. The summed E-state index contributed by atoms with van der Waals surface area (Å²) in [7, 11) is 0. The fourth-order valence-corrected chi connectivity index (χ4v) is 2.12. The zero-order chi connectivity index (χ0) is 16.2. The van der Waals surface area contributed by atoms with E-state index in [2.05, 4.69) is 30.9 Å². The van der Waals surface area contributed by atoms with Crippen LogP contribution in [0.3, 0.4) is 0 Å². The Bertz CT molecular complexity index is 619. The molecule has 0 bridgehead atoms. The summed E-state index contributed by atoms with van der Waals surface area (Å²) in [6.07, 6.45) is 1.64. The highest BCUT2D eigenvalue weighted by molar-refractivity contribution is 5.22. The molecule has 5 nitrogen and oxygen atoms in total. The quantitative estimate of drug-likeness (QED) is 0.891. The average molecular weight is 306 g/mol. The molecule has 1 aromatic carbocycles. The Labute approximate surface area is 130 Å². The molecule has 0 fully saturated rings. The van der Waals surface area contributed by atoms with E-state index in [1.54, 1.807) is 12.1 Å². The first kappa shape index (κ1) is 16.4. The van der Waals surface area contributed by atoms with Crippen molar-refractivity contribution in [1.82, 2.24) is 14.8 Å². The number of benzene rings is 1. The van der Waals surface area contributed by atoms with Gasteiger partial charge in [0.2, 0.25) is 0 Å². The fourth-order valence-electron chi connectivity index (χ4n) is 2.12. The van der Waals surface area contributed by atoms with Gasteiger partial charge in [0.15, 0.2) is 5.82 Å². The topological polar surface area (TPSA) is 66.0 Å².